The lowest BCUT2D eigenvalue weighted by Crippen LogP contribution is -2.38. The van der Waals surface area contributed by atoms with Gasteiger partial charge in [0.2, 0.25) is 6.71 Å². The van der Waals surface area contributed by atoms with Crippen molar-refractivity contribution in [2.75, 3.05) is 0 Å². The van der Waals surface area contributed by atoms with Crippen LogP contribution in [0.25, 0.3) is 32.9 Å². The number of fused-ring (bicyclic) bond motifs is 3. The van der Waals surface area contributed by atoms with Crippen LogP contribution in [0, 0.1) is 0 Å². The highest BCUT2D eigenvalue weighted by molar-refractivity contribution is 6.84. The standard InChI is InChI=1S/C26H22BN/c1-27(21-11-7-4-8-12-21)22-14-16-26-24(18-22)23-17-20(13-15-25(23)28(26)2)19-9-5-3-6-10-19/h3-18H,1-2H3. The Hall–Kier alpha value is -3.26. The average Bonchev–Trinajstić information content (AvgIpc) is 3.05. The van der Waals surface area contributed by atoms with Crippen LogP contribution in [0.4, 0.5) is 0 Å². The predicted octanol–water partition coefficient (Wildman–Crippen LogP) is 5.24. The molecule has 134 valence electrons. The monoisotopic (exact) mass is 359 g/mol. The van der Waals surface area contributed by atoms with E-state index >= 15 is 0 Å². The molecule has 0 radical (unpaired) electrons. The molecule has 1 heterocycles. The number of aryl methyl sites for hydroxylation is 1. The summed E-state index contributed by atoms with van der Waals surface area (Å²) in [5.41, 5.74) is 7.80. The van der Waals surface area contributed by atoms with Gasteiger partial charge in [0, 0.05) is 28.9 Å². The lowest BCUT2D eigenvalue weighted by molar-refractivity contribution is 1.01. The smallest absolute Gasteiger partial charge is 0.206 e. The topological polar surface area (TPSA) is 4.93 Å². The van der Waals surface area contributed by atoms with Crippen LogP contribution >= 0.6 is 0 Å². The number of hydrogen-bond acceptors (Lipinski definition) is 0. The van der Waals surface area contributed by atoms with E-state index in [4.69, 9.17) is 0 Å². The van der Waals surface area contributed by atoms with E-state index < -0.39 is 0 Å². The summed E-state index contributed by atoms with van der Waals surface area (Å²) in [4.78, 5) is 0. The number of benzene rings is 4. The third-order valence-electron chi connectivity index (χ3n) is 5.94. The molecule has 0 unspecified atom stereocenters. The average molecular weight is 359 g/mol. The molecule has 1 aromatic heterocycles. The summed E-state index contributed by atoms with van der Waals surface area (Å²) in [5, 5.41) is 2.65. The molecule has 0 saturated heterocycles. The van der Waals surface area contributed by atoms with E-state index in [-0.39, 0.29) is 0 Å². The first-order chi connectivity index (χ1) is 13.7. The van der Waals surface area contributed by atoms with Crippen molar-refractivity contribution in [2.45, 2.75) is 6.82 Å². The fourth-order valence-corrected chi connectivity index (χ4v) is 4.25. The Labute approximate surface area is 166 Å². The zero-order valence-corrected chi connectivity index (χ0v) is 16.3. The van der Waals surface area contributed by atoms with Gasteiger partial charge in [0.15, 0.2) is 0 Å². The van der Waals surface area contributed by atoms with Gasteiger partial charge >= 0.3 is 0 Å². The first-order valence-electron chi connectivity index (χ1n) is 9.85. The third-order valence-corrected chi connectivity index (χ3v) is 5.94. The van der Waals surface area contributed by atoms with Crippen molar-refractivity contribution in [3.63, 3.8) is 0 Å². The molecular formula is C26H22BN. The minimum Gasteiger partial charge on any atom is -0.344 e. The van der Waals surface area contributed by atoms with Crippen LogP contribution < -0.4 is 10.9 Å². The molecule has 0 aliphatic rings. The fraction of sp³-hybridized carbons (Fsp3) is 0.0769. The van der Waals surface area contributed by atoms with Crippen molar-refractivity contribution in [2.24, 2.45) is 7.05 Å². The molecule has 0 atom stereocenters. The van der Waals surface area contributed by atoms with Crippen LogP contribution in [-0.2, 0) is 7.05 Å². The van der Waals surface area contributed by atoms with E-state index in [1.807, 2.05) is 0 Å². The SMILES string of the molecule is CB(c1ccccc1)c1ccc2c(c1)c1cc(-c3ccccc3)ccc1n2C. The van der Waals surface area contributed by atoms with Crippen molar-refractivity contribution in [3.8, 4) is 11.1 Å². The quantitative estimate of drug-likeness (QED) is 0.389. The summed E-state index contributed by atoms with van der Waals surface area (Å²) in [6.07, 6.45) is 0. The lowest BCUT2D eigenvalue weighted by Gasteiger charge is -2.09. The molecule has 2 heteroatoms. The molecule has 0 aliphatic carbocycles. The number of rotatable bonds is 3. The van der Waals surface area contributed by atoms with Crippen LogP contribution in [-0.4, -0.2) is 11.3 Å². The highest BCUT2D eigenvalue weighted by atomic mass is 14.9. The van der Waals surface area contributed by atoms with Crippen LogP contribution in [0.1, 0.15) is 0 Å². The maximum atomic E-state index is 2.38. The van der Waals surface area contributed by atoms with Gasteiger partial charge in [-0.15, -0.1) is 0 Å². The normalized spacial score (nSPS) is 11.2. The number of nitrogens with zero attached hydrogens (tertiary/aromatic N) is 1. The highest BCUT2D eigenvalue weighted by Crippen LogP contribution is 2.31. The Morgan fingerprint density at radius 1 is 0.571 bits per heavy atom. The van der Waals surface area contributed by atoms with Gasteiger partial charge in [-0.3, -0.25) is 0 Å². The van der Waals surface area contributed by atoms with Gasteiger partial charge in [-0.1, -0.05) is 96.6 Å². The first-order valence-corrected chi connectivity index (χ1v) is 9.85. The summed E-state index contributed by atoms with van der Waals surface area (Å²) in [5.74, 6) is 0. The Kier molecular flexibility index (Phi) is 4.05. The first kappa shape index (κ1) is 16.9. The molecule has 5 rings (SSSR count). The van der Waals surface area contributed by atoms with Gasteiger partial charge in [0.25, 0.3) is 0 Å². The predicted molar refractivity (Wildman–Crippen MR) is 123 cm³/mol. The largest absolute Gasteiger partial charge is 0.344 e. The van der Waals surface area contributed by atoms with Crippen LogP contribution in [0.3, 0.4) is 0 Å². The van der Waals surface area contributed by atoms with Gasteiger partial charge in [-0.05, 0) is 29.3 Å². The molecule has 28 heavy (non-hydrogen) atoms. The molecule has 0 amide bonds. The summed E-state index contributed by atoms with van der Waals surface area (Å²) in [6, 6.07) is 35.1. The Balaban J connectivity index is 1.70. The van der Waals surface area contributed by atoms with Crippen LogP contribution in [0.15, 0.2) is 97.1 Å². The number of hydrogen-bond donors (Lipinski definition) is 0. The number of aromatic nitrogens is 1. The van der Waals surface area contributed by atoms with Crippen molar-refractivity contribution in [3.05, 3.63) is 97.1 Å². The summed E-state index contributed by atoms with van der Waals surface area (Å²) in [7, 11) is 2.16. The molecular weight excluding hydrogens is 337 g/mol. The van der Waals surface area contributed by atoms with Gasteiger partial charge in [-0.25, -0.2) is 0 Å². The minimum absolute atomic E-state index is 0.373. The lowest BCUT2D eigenvalue weighted by atomic mass is 9.42. The van der Waals surface area contributed by atoms with E-state index in [1.54, 1.807) is 0 Å². The molecule has 0 saturated carbocycles. The minimum atomic E-state index is 0.373. The highest BCUT2D eigenvalue weighted by Gasteiger charge is 2.16. The molecule has 0 aliphatic heterocycles. The molecule has 5 aromatic rings. The second-order valence-electron chi connectivity index (χ2n) is 7.57. The maximum absolute atomic E-state index is 2.38. The van der Waals surface area contributed by atoms with Gasteiger partial charge in [0.1, 0.15) is 0 Å². The Bertz CT molecular complexity index is 1270. The van der Waals surface area contributed by atoms with E-state index in [9.17, 15) is 0 Å². The van der Waals surface area contributed by atoms with Crippen molar-refractivity contribution in [1.82, 2.24) is 4.57 Å². The second-order valence-corrected chi connectivity index (χ2v) is 7.57. The zero-order valence-electron chi connectivity index (χ0n) is 16.3. The molecule has 4 aromatic carbocycles. The Morgan fingerprint density at radius 2 is 1.18 bits per heavy atom. The summed E-state index contributed by atoms with van der Waals surface area (Å²) in [6.45, 7) is 2.66. The van der Waals surface area contributed by atoms with E-state index in [0.717, 1.165) is 0 Å². The van der Waals surface area contributed by atoms with Gasteiger partial charge < -0.3 is 4.57 Å². The fourth-order valence-electron chi connectivity index (χ4n) is 4.25. The summed E-state index contributed by atoms with van der Waals surface area (Å²) < 4.78 is 2.30. The zero-order chi connectivity index (χ0) is 19.1. The van der Waals surface area contributed by atoms with E-state index in [1.165, 1.54) is 43.9 Å². The molecule has 0 bridgehead atoms. The summed E-state index contributed by atoms with van der Waals surface area (Å²) >= 11 is 0. The second kappa shape index (κ2) is 6.72. The third kappa shape index (κ3) is 2.73. The Morgan fingerprint density at radius 3 is 1.89 bits per heavy atom. The maximum Gasteiger partial charge on any atom is 0.206 e. The van der Waals surface area contributed by atoms with Crippen LogP contribution in [0.2, 0.25) is 6.82 Å². The molecule has 0 fully saturated rings. The molecule has 0 N–H and O–H groups in total. The van der Waals surface area contributed by atoms with Gasteiger partial charge in [0.05, 0.1) is 0 Å². The van der Waals surface area contributed by atoms with Crippen molar-refractivity contribution < 1.29 is 0 Å². The van der Waals surface area contributed by atoms with Crippen molar-refractivity contribution in [1.29, 1.82) is 0 Å². The van der Waals surface area contributed by atoms with E-state index in [2.05, 4.69) is 115 Å². The molecule has 1 nitrogen and oxygen atoms in total. The van der Waals surface area contributed by atoms with Crippen molar-refractivity contribution >= 4 is 39.4 Å². The molecule has 0 spiro atoms. The van der Waals surface area contributed by atoms with Gasteiger partial charge in [-0.2, -0.15) is 0 Å². The van der Waals surface area contributed by atoms with Crippen LogP contribution in [0.5, 0.6) is 0 Å². The van der Waals surface area contributed by atoms with E-state index in [0.29, 0.717) is 6.71 Å².